The van der Waals surface area contributed by atoms with Crippen LogP contribution in [0.1, 0.15) is 40.5 Å². The molecule has 136 valence electrons. The zero-order valence-electron chi connectivity index (χ0n) is 14.0. The van der Waals surface area contributed by atoms with Crippen molar-refractivity contribution in [1.29, 1.82) is 0 Å². The van der Waals surface area contributed by atoms with Crippen LogP contribution in [-0.2, 0) is 4.79 Å². The average Bonchev–Trinajstić information content (AvgIpc) is 3.28. The van der Waals surface area contributed by atoms with Crippen LogP contribution in [-0.4, -0.2) is 29.4 Å². The number of hydrogen-bond donors (Lipinski definition) is 2. The van der Waals surface area contributed by atoms with Gasteiger partial charge in [0.25, 0.3) is 5.91 Å². The van der Waals surface area contributed by atoms with Crippen molar-refractivity contribution in [2.75, 3.05) is 11.1 Å². The Balaban J connectivity index is 1.57. The Labute approximate surface area is 158 Å². The third kappa shape index (κ3) is 4.70. The quantitative estimate of drug-likeness (QED) is 0.556. The molecule has 2 amide bonds. The van der Waals surface area contributed by atoms with Gasteiger partial charge in [-0.1, -0.05) is 6.07 Å². The number of thiophene rings is 1. The topological polar surface area (TPSA) is 75.3 Å². The molecular weight excluding hydrogens is 375 g/mol. The first kappa shape index (κ1) is 18.6. The maximum atomic E-state index is 14.0. The molecule has 1 heterocycles. The Morgan fingerprint density at radius 1 is 1.27 bits per heavy atom. The SMILES string of the molecule is CC(=O)c1ccc(SCC(=O)Nc2sccc2C(=O)NC2CC2)c(F)c1. The van der Waals surface area contributed by atoms with E-state index >= 15 is 0 Å². The molecule has 0 bridgehead atoms. The van der Waals surface area contributed by atoms with Crippen molar-refractivity contribution in [3.05, 3.63) is 46.6 Å². The van der Waals surface area contributed by atoms with Gasteiger partial charge in [-0.25, -0.2) is 4.39 Å². The van der Waals surface area contributed by atoms with Gasteiger partial charge < -0.3 is 10.6 Å². The van der Waals surface area contributed by atoms with Gasteiger partial charge in [0.1, 0.15) is 10.8 Å². The molecule has 0 saturated heterocycles. The van der Waals surface area contributed by atoms with Crippen LogP contribution in [0.15, 0.2) is 34.5 Å². The Morgan fingerprint density at radius 3 is 2.69 bits per heavy atom. The van der Waals surface area contributed by atoms with E-state index < -0.39 is 5.82 Å². The van der Waals surface area contributed by atoms with E-state index in [0.717, 1.165) is 24.6 Å². The molecular formula is C18H17FN2O3S2. The van der Waals surface area contributed by atoms with Gasteiger partial charge in [0.15, 0.2) is 5.78 Å². The lowest BCUT2D eigenvalue weighted by molar-refractivity contribution is -0.113. The Hall–Kier alpha value is -2.19. The summed E-state index contributed by atoms with van der Waals surface area (Å²) >= 11 is 2.31. The Bertz CT molecular complexity index is 862. The molecule has 1 aliphatic rings. The summed E-state index contributed by atoms with van der Waals surface area (Å²) in [5, 5.41) is 7.82. The predicted molar refractivity (Wildman–Crippen MR) is 101 cm³/mol. The number of carbonyl (C=O) groups excluding carboxylic acids is 3. The number of hydrogen-bond acceptors (Lipinski definition) is 5. The summed E-state index contributed by atoms with van der Waals surface area (Å²) in [6.07, 6.45) is 1.98. The second-order valence-electron chi connectivity index (χ2n) is 5.95. The van der Waals surface area contributed by atoms with Crippen LogP contribution in [0, 0.1) is 5.82 Å². The molecule has 1 aromatic heterocycles. The third-order valence-electron chi connectivity index (χ3n) is 3.77. The van der Waals surface area contributed by atoms with Crippen molar-refractivity contribution in [3.63, 3.8) is 0 Å². The fraction of sp³-hybridized carbons (Fsp3) is 0.278. The summed E-state index contributed by atoms with van der Waals surface area (Å²) in [6.45, 7) is 1.37. The lowest BCUT2D eigenvalue weighted by Gasteiger charge is -2.08. The lowest BCUT2D eigenvalue weighted by atomic mass is 10.1. The highest BCUT2D eigenvalue weighted by atomic mass is 32.2. The minimum absolute atomic E-state index is 0.00206. The molecule has 0 unspecified atom stereocenters. The molecule has 26 heavy (non-hydrogen) atoms. The summed E-state index contributed by atoms with van der Waals surface area (Å²) in [7, 11) is 0. The van der Waals surface area contributed by atoms with E-state index in [0.29, 0.717) is 21.0 Å². The van der Waals surface area contributed by atoms with Crippen molar-refractivity contribution in [3.8, 4) is 0 Å². The van der Waals surface area contributed by atoms with Crippen molar-refractivity contribution < 1.29 is 18.8 Å². The van der Waals surface area contributed by atoms with Crippen molar-refractivity contribution in [1.82, 2.24) is 5.32 Å². The van der Waals surface area contributed by atoms with Crippen LogP contribution in [0.4, 0.5) is 9.39 Å². The number of halogens is 1. The normalized spacial score (nSPS) is 13.3. The molecule has 0 atom stereocenters. The fourth-order valence-corrected chi connectivity index (χ4v) is 3.74. The van der Waals surface area contributed by atoms with E-state index in [1.54, 1.807) is 11.4 Å². The molecule has 0 spiro atoms. The molecule has 0 aliphatic heterocycles. The van der Waals surface area contributed by atoms with Crippen LogP contribution in [0.3, 0.4) is 0 Å². The second kappa shape index (κ2) is 8.01. The monoisotopic (exact) mass is 392 g/mol. The van der Waals surface area contributed by atoms with Gasteiger partial charge in [0.2, 0.25) is 5.91 Å². The molecule has 5 nitrogen and oxygen atoms in total. The molecule has 1 aromatic carbocycles. The molecule has 2 aromatic rings. The molecule has 1 aliphatic carbocycles. The molecule has 1 fully saturated rings. The van der Waals surface area contributed by atoms with Crippen LogP contribution < -0.4 is 10.6 Å². The van der Waals surface area contributed by atoms with Gasteiger partial charge in [-0.3, -0.25) is 14.4 Å². The zero-order valence-corrected chi connectivity index (χ0v) is 15.6. The Morgan fingerprint density at radius 2 is 2.04 bits per heavy atom. The van der Waals surface area contributed by atoms with Crippen LogP contribution in [0.2, 0.25) is 0 Å². The number of benzene rings is 1. The minimum Gasteiger partial charge on any atom is -0.349 e. The van der Waals surface area contributed by atoms with E-state index in [2.05, 4.69) is 10.6 Å². The highest BCUT2D eigenvalue weighted by Crippen LogP contribution is 2.27. The van der Waals surface area contributed by atoms with Gasteiger partial charge in [-0.05, 0) is 43.3 Å². The van der Waals surface area contributed by atoms with E-state index in [-0.39, 0.29) is 29.4 Å². The van der Waals surface area contributed by atoms with Gasteiger partial charge in [0.05, 0.1) is 11.3 Å². The molecule has 1 saturated carbocycles. The number of anilines is 1. The number of Topliss-reactive ketones (excluding diaryl/α,β-unsaturated/α-hetero) is 1. The standard InChI is InChI=1S/C18H17FN2O3S2/c1-10(22)11-2-5-15(14(19)8-11)26-9-16(23)21-18-13(6-7-25-18)17(24)20-12-3-4-12/h2,5-8,12H,3-4,9H2,1H3,(H,20,24)(H,21,23). The average molecular weight is 392 g/mol. The molecule has 2 N–H and O–H groups in total. The van der Waals surface area contributed by atoms with Gasteiger partial charge in [-0.15, -0.1) is 23.1 Å². The first-order chi connectivity index (χ1) is 12.4. The second-order valence-corrected chi connectivity index (χ2v) is 7.88. The summed E-state index contributed by atoms with van der Waals surface area (Å²) in [4.78, 5) is 35.8. The van der Waals surface area contributed by atoms with Crippen molar-refractivity contribution in [2.45, 2.75) is 30.7 Å². The van der Waals surface area contributed by atoms with Crippen molar-refractivity contribution in [2.24, 2.45) is 0 Å². The molecule has 3 rings (SSSR count). The number of amides is 2. The summed E-state index contributed by atoms with van der Waals surface area (Å²) in [5.41, 5.74) is 0.735. The van der Waals surface area contributed by atoms with E-state index in [1.807, 2.05) is 0 Å². The summed E-state index contributed by atoms with van der Waals surface area (Å²) < 4.78 is 14.0. The van der Waals surface area contributed by atoms with E-state index in [9.17, 15) is 18.8 Å². The number of thioether (sulfide) groups is 1. The molecule has 8 heteroatoms. The zero-order chi connectivity index (χ0) is 18.7. The fourth-order valence-electron chi connectivity index (χ4n) is 2.22. The maximum Gasteiger partial charge on any atom is 0.254 e. The summed E-state index contributed by atoms with van der Waals surface area (Å²) in [6, 6.07) is 6.10. The number of carbonyl (C=O) groups is 3. The van der Waals surface area contributed by atoms with Gasteiger partial charge >= 0.3 is 0 Å². The highest BCUT2D eigenvalue weighted by molar-refractivity contribution is 8.00. The minimum atomic E-state index is -0.531. The first-order valence-electron chi connectivity index (χ1n) is 8.05. The maximum absolute atomic E-state index is 14.0. The molecule has 0 radical (unpaired) electrons. The predicted octanol–water partition coefficient (Wildman–Crippen LogP) is 3.71. The van der Waals surface area contributed by atoms with Gasteiger partial charge in [0, 0.05) is 16.5 Å². The highest BCUT2D eigenvalue weighted by Gasteiger charge is 2.25. The third-order valence-corrected chi connectivity index (χ3v) is 5.65. The number of nitrogens with one attached hydrogen (secondary N) is 2. The van der Waals surface area contributed by atoms with Crippen LogP contribution in [0.5, 0.6) is 0 Å². The van der Waals surface area contributed by atoms with E-state index in [4.69, 9.17) is 0 Å². The Kier molecular flexibility index (Phi) is 5.73. The van der Waals surface area contributed by atoms with Crippen molar-refractivity contribution >= 4 is 45.7 Å². The van der Waals surface area contributed by atoms with Crippen LogP contribution in [0.25, 0.3) is 0 Å². The lowest BCUT2D eigenvalue weighted by Crippen LogP contribution is -2.26. The van der Waals surface area contributed by atoms with E-state index in [1.165, 1.54) is 36.5 Å². The smallest absolute Gasteiger partial charge is 0.254 e. The van der Waals surface area contributed by atoms with Gasteiger partial charge in [-0.2, -0.15) is 0 Å². The van der Waals surface area contributed by atoms with Crippen LogP contribution >= 0.6 is 23.1 Å². The summed E-state index contributed by atoms with van der Waals surface area (Å²) in [5.74, 6) is -1.27. The number of rotatable bonds is 7. The first-order valence-corrected chi connectivity index (χ1v) is 9.92. The number of ketones is 1. The largest absolute Gasteiger partial charge is 0.349 e.